The number of aryl methyl sites for hydroxylation is 1. The molecule has 1 rings (SSSR count). The first-order chi connectivity index (χ1) is 6.00. The molecule has 0 unspecified atom stereocenters. The molecule has 0 radical (unpaired) electrons. The van der Waals surface area contributed by atoms with Crippen molar-refractivity contribution < 1.29 is 9.90 Å². The summed E-state index contributed by atoms with van der Waals surface area (Å²) >= 11 is 0. The number of hydrogen-bond donors (Lipinski definition) is 1. The van der Waals surface area contributed by atoms with Crippen molar-refractivity contribution in [3.63, 3.8) is 0 Å². The highest BCUT2D eigenvalue weighted by Crippen LogP contribution is 2.14. The van der Waals surface area contributed by atoms with Gasteiger partial charge >= 0.3 is 5.97 Å². The molecule has 0 aromatic carbocycles. The van der Waals surface area contributed by atoms with Gasteiger partial charge in [-0.05, 0) is 24.3 Å². The number of nitrogens with zero attached hydrogens (tertiary/aromatic N) is 4. The molecular weight excluding hydrogens is 172 g/mol. The molecule has 1 aromatic heterocycles. The first-order valence-electron chi connectivity index (χ1n) is 4.01. The van der Waals surface area contributed by atoms with Crippen LogP contribution in [0.5, 0.6) is 0 Å². The monoisotopic (exact) mass is 184 g/mol. The van der Waals surface area contributed by atoms with E-state index in [4.69, 9.17) is 5.11 Å². The molecule has 6 heteroatoms. The zero-order valence-corrected chi connectivity index (χ0v) is 7.85. The van der Waals surface area contributed by atoms with Crippen LogP contribution >= 0.6 is 0 Å². The lowest BCUT2D eigenvalue weighted by atomic mass is 10.1. The molecule has 1 N–H and O–H groups in total. The van der Waals surface area contributed by atoms with Crippen molar-refractivity contribution in [1.82, 2.24) is 20.2 Å². The molecule has 0 aliphatic carbocycles. The number of carboxylic acid groups (broad SMARTS) is 1. The molecule has 0 spiro atoms. The van der Waals surface area contributed by atoms with Crippen molar-refractivity contribution in [3.05, 3.63) is 5.82 Å². The lowest BCUT2D eigenvalue weighted by molar-refractivity contribution is -0.146. The normalized spacial score (nSPS) is 11.6. The Kier molecular flexibility index (Phi) is 2.31. The second-order valence-electron chi connectivity index (χ2n) is 3.22. The third-order valence-electron chi connectivity index (χ3n) is 1.90. The summed E-state index contributed by atoms with van der Waals surface area (Å²) in [6.07, 6.45) is 0.615. The van der Waals surface area contributed by atoms with Crippen molar-refractivity contribution >= 4 is 5.97 Å². The average Bonchev–Trinajstić information content (AvgIpc) is 2.51. The summed E-state index contributed by atoms with van der Waals surface area (Å²) < 4.78 is 1.33. The van der Waals surface area contributed by atoms with E-state index in [9.17, 15) is 4.79 Å². The van der Waals surface area contributed by atoms with Gasteiger partial charge in [0.1, 0.15) is 0 Å². The Labute approximate surface area is 75.6 Å². The minimum Gasteiger partial charge on any atom is -0.479 e. The van der Waals surface area contributed by atoms with Crippen LogP contribution in [0.4, 0.5) is 0 Å². The van der Waals surface area contributed by atoms with Gasteiger partial charge in [0.05, 0.1) is 0 Å². The zero-order valence-electron chi connectivity index (χ0n) is 7.85. The van der Waals surface area contributed by atoms with E-state index in [1.165, 1.54) is 4.68 Å². The summed E-state index contributed by atoms with van der Waals surface area (Å²) in [6.45, 7) is 5.00. The van der Waals surface area contributed by atoms with E-state index < -0.39 is 11.5 Å². The van der Waals surface area contributed by atoms with Crippen LogP contribution in [-0.4, -0.2) is 31.3 Å². The zero-order chi connectivity index (χ0) is 10.1. The van der Waals surface area contributed by atoms with Crippen LogP contribution in [0.15, 0.2) is 0 Å². The summed E-state index contributed by atoms with van der Waals surface area (Å²) in [5.41, 5.74) is -1.09. The highest BCUT2D eigenvalue weighted by Gasteiger charge is 2.32. The highest BCUT2D eigenvalue weighted by atomic mass is 16.4. The van der Waals surface area contributed by atoms with Gasteiger partial charge in [-0.15, -0.1) is 5.10 Å². The predicted molar refractivity (Wildman–Crippen MR) is 44.2 cm³/mol. The molecule has 0 aliphatic rings. The fourth-order valence-electron chi connectivity index (χ4n) is 0.951. The van der Waals surface area contributed by atoms with Crippen LogP contribution < -0.4 is 0 Å². The maximum absolute atomic E-state index is 10.9. The van der Waals surface area contributed by atoms with E-state index in [0.29, 0.717) is 12.2 Å². The van der Waals surface area contributed by atoms with Crippen LogP contribution in [0, 0.1) is 0 Å². The van der Waals surface area contributed by atoms with Crippen molar-refractivity contribution in [1.29, 1.82) is 0 Å². The summed E-state index contributed by atoms with van der Waals surface area (Å²) in [7, 11) is 0. The van der Waals surface area contributed by atoms with Gasteiger partial charge in [0.15, 0.2) is 11.4 Å². The number of aliphatic carboxylic acids is 1. The van der Waals surface area contributed by atoms with E-state index in [2.05, 4.69) is 15.5 Å². The summed E-state index contributed by atoms with van der Waals surface area (Å²) in [6, 6.07) is 0. The largest absolute Gasteiger partial charge is 0.479 e. The lowest BCUT2D eigenvalue weighted by Gasteiger charge is -2.19. The molecule has 0 aliphatic heterocycles. The van der Waals surface area contributed by atoms with Crippen molar-refractivity contribution in [2.45, 2.75) is 32.7 Å². The maximum Gasteiger partial charge on any atom is 0.331 e. The van der Waals surface area contributed by atoms with E-state index >= 15 is 0 Å². The second kappa shape index (κ2) is 3.12. The van der Waals surface area contributed by atoms with E-state index in [1.807, 2.05) is 6.92 Å². The van der Waals surface area contributed by atoms with Gasteiger partial charge in [-0.25, -0.2) is 9.48 Å². The molecule has 6 nitrogen and oxygen atoms in total. The smallest absolute Gasteiger partial charge is 0.331 e. The number of hydrogen-bond acceptors (Lipinski definition) is 4. The number of aromatic nitrogens is 4. The second-order valence-corrected chi connectivity index (χ2v) is 3.22. The Hall–Kier alpha value is -1.46. The Morgan fingerprint density at radius 1 is 1.62 bits per heavy atom. The van der Waals surface area contributed by atoms with Crippen LogP contribution in [0.2, 0.25) is 0 Å². The molecule has 1 heterocycles. The fraction of sp³-hybridized carbons (Fsp3) is 0.714. The topological polar surface area (TPSA) is 80.9 Å². The van der Waals surface area contributed by atoms with Crippen LogP contribution in [0.3, 0.4) is 0 Å². The Morgan fingerprint density at radius 3 is 2.69 bits per heavy atom. The van der Waals surface area contributed by atoms with Crippen molar-refractivity contribution in [3.8, 4) is 0 Å². The molecule has 0 bridgehead atoms. The van der Waals surface area contributed by atoms with E-state index in [-0.39, 0.29) is 0 Å². The van der Waals surface area contributed by atoms with E-state index in [1.54, 1.807) is 13.8 Å². The van der Waals surface area contributed by atoms with Gasteiger partial charge < -0.3 is 5.11 Å². The van der Waals surface area contributed by atoms with Crippen LogP contribution in [0.25, 0.3) is 0 Å². The Morgan fingerprint density at radius 2 is 2.23 bits per heavy atom. The van der Waals surface area contributed by atoms with Gasteiger partial charge in [-0.3, -0.25) is 0 Å². The third kappa shape index (κ3) is 1.51. The van der Waals surface area contributed by atoms with Crippen molar-refractivity contribution in [2.24, 2.45) is 0 Å². The summed E-state index contributed by atoms with van der Waals surface area (Å²) in [4.78, 5) is 10.9. The maximum atomic E-state index is 10.9. The summed E-state index contributed by atoms with van der Waals surface area (Å²) in [5.74, 6) is -0.373. The first-order valence-corrected chi connectivity index (χ1v) is 4.01. The Balaban J connectivity index is 3.13. The average molecular weight is 184 g/mol. The minimum atomic E-state index is -1.09. The molecule has 72 valence electrons. The summed E-state index contributed by atoms with van der Waals surface area (Å²) in [5, 5.41) is 19.7. The van der Waals surface area contributed by atoms with Crippen LogP contribution in [-0.2, 0) is 16.8 Å². The Bertz CT molecular complexity index is 318. The quantitative estimate of drug-likeness (QED) is 0.718. The first kappa shape index (κ1) is 9.63. The molecule has 0 fully saturated rings. The van der Waals surface area contributed by atoms with Gasteiger partial charge in [0.2, 0.25) is 0 Å². The third-order valence-corrected chi connectivity index (χ3v) is 1.90. The number of rotatable bonds is 3. The van der Waals surface area contributed by atoms with Gasteiger partial charge in [-0.2, -0.15) is 0 Å². The molecule has 13 heavy (non-hydrogen) atoms. The number of carboxylic acids is 1. The van der Waals surface area contributed by atoms with Gasteiger partial charge in [-0.1, -0.05) is 6.92 Å². The van der Waals surface area contributed by atoms with Gasteiger partial charge in [0.25, 0.3) is 0 Å². The van der Waals surface area contributed by atoms with E-state index in [0.717, 1.165) is 0 Å². The minimum absolute atomic E-state index is 0.576. The van der Waals surface area contributed by atoms with Crippen molar-refractivity contribution in [2.75, 3.05) is 0 Å². The molecule has 0 atom stereocenters. The molecule has 0 amide bonds. The molecular formula is C7H12N4O2. The van der Waals surface area contributed by atoms with Gasteiger partial charge in [0, 0.05) is 6.42 Å². The molecule has 0 saturated heterocycles. The molecule has 0 saturated carbocycles. The lowest BCUT2D eigenvalue weighted by Crippen LogP contribution is -2.37. The predicted octanol–water partition coefficient (Wildman–Crippen LogP) is 0.0552. The molecule has 1 aromatic rings. The highest BCUT2D eigenvalue weighted by molar-refractivity contribution is 5.75. The number of carbonyl (C=O) groups is 1. The van der Waals surface area contributed by atoms with Crippen LogP contribution in [0.1, 0.15) is 26.6 Å². The fourth-order valence-corrected chi connectivity index (χ4v) is 0.951. The number of tetrazole rings is 1. The standard InChI is InChI=1S/C7H12N4O2/c1-4-5-8-9-10-11(5)7(2,3)6(12)13/h4H2,1-3H3,(H,12,13). The SMILES string of the molecule is CCc1nnnn1C(C)(C)C(=O)O.